The van der Waals surface area contributed by atoms with Crippen molar-refractivity contribution in [3.63, 3.8) is 0 Å². The van der Waals surface area contributed by atoms with E-state index in [1.54, 1.807) is 35.5 Å². The summed E-state index contributed by atoms with van der Waals surface area (Å²) in [5, 5.41) is 4.19. The minimum atomic E-state index is 0.556. The molecule has 0 spiro atoms. The zero-order chi connectivity index (χ0) is 10.1. The van der Waals surface area contributed by atoms with Crippen LogP contribution in [0.3, 0.4) is 0 Å². The summed E-state index contributed by atoms with van der Waals surface area (Å²) in [6.45, 7) is 0. The van der Waals surface area contributed by atoms with Crippen molar-refractivity contribution in [1.29, 1.82) is 0 Å². The molecular weight excluding hydrogens is 190 g/mol. The monoisotopic (exact) mass is 197 g/mol. The summed E-state index contributed by atoms with van der Waals surface area (Å²) in [7, 11) is 0. The molecular formula is C10H7N5. The van der Waals surface area contributed by atoms with Gasteiger partial charge in [-0.2, -0.15) is 9.78 Å². The van der Waals surface area contributed by atoms with E-state index >= 15 is 0 Å². The highest BCUT2D eigenvalue weighted by Gasteiger charge is 2.05. The Kier molecular flexibility index (Phi) is 1.68. The van der Waals surface area contributed by atoms with Gasteiger partial charge in [0.05, 0.1) is 11.7 Å². The lowest BCUT2D eigenvalue weighted by molar-refractivity contribution is 0.832. The zero-order valence-electron chi connectivity index (χ0n) is 7.78. The van der Waals surface area contributed by atoms with Crippen LogP contribution in [0, 0.1) is 0 Å². The molecule has 15 heavy (non-hydrogen) atoms. The molecule has 0 saturated heterocycles. The predicted molar refractivity (Wildman–Crippen MR) is 54.5 cm³/mol. The SMILES string of the molecule is c1cnc(-n2ncc3ncccc32)nc1. The Labute approximate surface area is 85.4 Å². The number of rotatable bonds is 1. The summed E-state index contributed by atoms with van der Waals surface area (Å²) in [6, 6.07) is 5.57. The van der Waals surface area contributed by atoms with Gasteiger partial charge in [-0.25, -0.2) is 9.97 Å². The largest absolute Gasteiger partial charge is 0.253 e. The summed E-state index contributed by atoms with van der Waals surface area (Å²) in [4.78, 5) is 12.5. The molecule has 0 N–H and O–H groups in total. The lowest BCUT2D eigenvalue weighted by Crippen LogP contribution is -2.01. The molecule has 0 saturated carbocycles. The average molecular weight is 197 g/mol. The predicted octanol–water partition coefficient (Wildman–Crippen LogP) is 1.21. The Hall–Kier alpha value is -2.30. The molecule has 0 amide bonds. The van der Waals surface area contributed by atoms with Gasteiger partial charge >= 0.3 is 0 Å². The van der Waals surface area contributed by atoms with Crippen molar-refractivity contribution in [2.75, 3.05) is 0 Å². The highest BCUT2D eigenvalue weighted by molar-refractivity contribution is 5.74. The van der Waals surface area contributed by atoms with Gasteiger partial charge in [-0.3, -0.25) is 4.98 Å². The normalized spacial score (nSPS) is 10.7. The van der Waals surface area contributed by atoms with Gasteiger partial charge in [-0.1, -0.05) is 0 Å². The summed E-state index contributed by atoms with van der Waals surface area (Å²) in [6.07, 6.45) is 6.81. The van der Waals surface area contributed by atoms with Crippen LogP contribution in [0.4, 0.5) is 0 Å². The van der Waals surface area contributed by atoms with Gasteiger partial charge in [0, 0.05) is 18.6 Å². The number of pyridine rings is 1. The lowest BCUT2D eigenvalue weighted by atomic mass is 10.4. The molecule has 0 aliphatic rings. The Morgan fingerprint density at radius 3 is 2.60 bits per heavy atom. The molecule has 0 aliphatic heterocycles. The number of aromatic nitrogens is 5. The van der Waals surface area contributed by atoms with Crippen LogP contribution in [0.5, 0.6) is 0 Å². The maximum Gasteiger partial charge on any atom is 0.251 e. The van der Waals surface area contributed by atoms with Crippen LogP contribution in [0.15, 0.2) is 43.0 Å². The van der Waals surface area contributed by atoms with Gasteiger partial charge in [0.1, 0.15) is 5.52 Å². The molecule has 3 rings (SSSR count). The molecule has 0 fully saturated rings. The van der Waals surface area contributed by atoms with Crippen molar-refractivity contribution in [3.05, 3.63) is 43.0 Å². The smallest absolute Gasteiger partial charge is 0.251 e. The van der Waals surface area contributed by atoms with E-state index in [1.165, 1.54) is 0 Å². The third kappa shape index (κ3) is 1.25. The van der Waals surface area contributed by atoms with Gasteiger partial charge in [-0.05, 0) is 18.2 Å². The van der Waals surface area contributed by atoms with Crippen LogP contribution in [0.2, 0.25) is 0 Å². The molecule has 3 aromatic heterocycles. The van der Waals surface area contributed by atoms with Gasteiger partial charge < -0.3 is 0 Å². The Morgan fingerprint density at radius 2 is 1.73 bits per heavy atom. The third-order valence-electron chi connectivity index (χ3n) is 2.08. The fraction of sp³-hybridized carbons (Fsp3) is 0. The second-order valence-electron chi connectivity index (χ2n) is 3.01. The van der Waals surface area contributed by atoms with Crippen molar-refractivity contribution in [1.82, 2.24) is 24.7 Å². The first kappa shape index (κ1) is 8.05. The van der Waals surface area contributed by atoms with E-state index in [0.29, 0.717) is 5.95 Å². The molecule has 5 heteroatoms. The van der Waals surface area contributed by atoms with Crippen molar-refractivity contribution in [2.24, 2.45) is 0 Å². The van der Waals surface area contributed by atoms with Crippen LogP contribution in [0.25, 0.3) is 17.0 Å². The first-order valence-electron chi connectivity index (χ1n) is 4.51. The molecule has 0 unspecified atom stereocenters. The molecule has 3 heterocycles. The third-order valence-corrected chi connectivity index (χ3v) is 2.08. The van der Waals surface area contributed by atoms with Crippen LogP contribution in [-0.2, 0) is 0 Å². The van der Waals surface area contributed by atoms with E-state index < -0.39 is 0 Å². The molecule has 3 aromatic rings. The summed E-state index contributed by atoms with van der Waals surface area (Å²) in [5.74, 6) is 0.556. The first-order valence-corrected chi connectivity index (χ1v) is 4.51. The van der Waals surface area contributed by atoms with Crippen molar-refractivity contribution < 1.29 is 0 Å². The van der Waals surface area contributed by atoms with Gasteiger partial charge in [0.15, 0.2) is 0 Å². The minimum Gasteiger partial charge on any atom is -0.253 e. The quantitative estimate of drug-likeness (QED) is 0.588. The second-order valence-corrected chi connectivity index (χ2v) is 3.01. The molecule has 0 atom stereocenters. The average Bonchev–Trinajstić information content (AvgIpc) is 2.74. The van der Waals surface area contributed by atoms with E-state index in [0.717, 1.165) is 11.0 Å². The summed E-state index contributed by atoms with van der Waals surface area (Å²) in [5.41, 5.74) is 1.74. The fourth-order valence-corrected chi connectivity index (χ4v) is 1.42. The van der Waals surface area contributed by atoms with Crippen LogP contribution in [0.1, 0.15) is 0 Å². The maximum atomic E-state index is 4.19. The van der Waals surface area contributed by atoms with E-state index in [-0.39, 0.29) is 0 Å². The molecule has 0 aliphatic carbocycles. The van der Waals surface area contributed by atoms with E-state index in [9.17, 15) is 0 Å². The molecule has 0 aromatic carbocycles. The van der Waals surface area contributed by atoms with Crippen molar-refractivity contribution >= 4 is 11.0 Å². The summed E-state index contributed by atoms with van der Waals surface area (Å²) < 4.78 is 1.67. The topological polar surface area (TPSA) is 56.5 Å². The van der Waals surface area contributed by atoms with E-state index in [1.807, 2.05) is 12.1 Å². The Balaban J connectivity index is 2.28. The first-order chi connectivity index (χ1) is 7.45. The zero-order valence-corrected chi connectivity index (χ0v) is 7.78. The fourth-order valence-electron chi connectivity index (χ4n) is 1.42. The lowest BCUT2D eigenvalue weighted by Gasteiger charge is -1.98. The van der Waals surface area contributed by atoms with Crippen LogP contribution < -0.4 is 0 Å². The molecule has 0 radical (unpaired) electrons. The van der Waals surface area contributed by atoms with Crippen molar-refractivity contribution in [2.45, 2.75) is 0 Å². The second kappa shape index (κ2) is 3.13. The van der Waals surface area contributed by atoms with Gasteiger partial charge in [0.25, 0.3) is 5.95 Å². The number of hydrogen-bond acceptors (Lipinski definition) is 4. The highest BCUT2D eigenvalue weighted by atomic mass is 15.3. The maximum absolute atomic E-state index is 4.19. The van der Waals surface area contributed by atoms with Crippen LogP contribution >= 0.6 is 0 Å². The molecule has 0 bridgehead atoms. The van der Waals surface area contributed by atoms with E-state index in [4.69, 9.17) is 0 Å². The van der Waals surface area contributed by atoms with Gasteiger partial charge in [-0.15, -0.1) is 0 Å². The van der Waals surface area contributed by atoms with E-state index in [2.05, 4.69) is 20.1 Å². The van der Waals surface area contributed by atoms with Gasteiger partial charge in [0.2, 0.25) is 0 Å². The Bertz CT molecular complexity index is 587. The van der Waals surface area contributed by atoms with Crippen LogP contribution in [-0.4, -0.2) is 24.7 Å². The number of hydrogen-bond donors (Lipinski definition) is 0. The van der Waals surface area contributed by atoms with Crippen molar-refractivity contribution in [3.8, 4) is 5.95 Å². The standard InChI is InChI=1S/C10H7N5/c1-3-9-8(11-4-1)7-14-15(9)10-12-5-2-6-13-10/h1-7H. The number of fused-ring (bicyclic) bond motifs is 1. The Morgan fingerprint density at radius 1 is 0.933 bits per heavy atom. The molecule has 5 nitrogen and oxygen atoms in total. The molecule has 72 valence electrons. The highest BCUT2D eigenvalue weighted by Crippen LogP contribution is 2.12. The number of nitrogens with zero attached hydrogens (tertiary/aromatic N) is 5. The summed E-state index contributed by atoms with van der Waals surface area (Å²) >= 11 is 0. The minimum absolute atomic E-state index is 0.556.